The highest BCUT2D eigenvalue weighted by Crippen LogP contribution is 2.20. The van der Waals surface area contributed by atoms with Crippen molar-refractivity contribution in [2.45, 2.75) is 19.4 Å². The minimum atomic E-state index is -0.451. The lowest BCUT2D eigenvalue weighted by molar-refractivity contribution is -0.131. The lowest BCUT2D eigenvalue weighted by atomic mass is 10.2. The summed E-state index contributed by atoms with van der Waals surface area (Å²) in [5.41, 5.74) is 0.554. The van der Waals surface area contributed by atoms with Crippen LogP contribution in [0.25, 0.3) is 17.1 Å². The first-order valence-electron chi connectivity index (χ1n) is 8.77. The minimum Gasteiger partial charge on any atom is -0.341 e. The second-order valence-corrected chi connectivity index (χ2v) is 6.40. The number of nitrogens with zero attached hydrogens (tertiary/aromatic N) is 5. The number of halogens is 1. The summed E-state index contributed by atoms with van der Waals surface area (Å²) in [5.74, 6) is -0.288. The molecular formula is C19H18FN5O2. The monoisotopic (exact) mass is 367 g/mol. The highest BCUT2D eigenvalue weighted by molar-refractivity contribution is 5.76. The van der Waals surface area contributed by atoms with Crippen molar-refractivity contribution in [3.05, 3.63) is 65.1 Å². The smallest absolute Gasteiger partial charge is 0.341 e. The molecule has 4 rings (SSSR count). The van der Waals surface area contributed by atoms with Crippen LogP contribution in [0.1, 0.15) is 12.8 Å². The molecule has 27 heavy (non-hydrogen) atoms. The van der Waals surface area contributed by atoms with E-state index in [-0.39, 0.29) is 18.3 Å². The zero-order valence-corrected chi connectivity index (χ0v) is 14.6. The van der Waals surface area contributed by atoms with E-state index in [1.54, 1.807) is 41.6 Å². The average Bonchev–Trinajstić information content (AvgIpc) is 3.32. The van der Waals surface area contributed by atoms with Gasteiger partial charge in [0, 0.05) is 31.0 Å². The molecular weight excluding hydrogens is 349 g/mol. The molecule has 1 amide bonds. The van der Waals surface area contributed by atoms with Crippen LogP contribution >= 0.6 is 0 Å². The Balaban J connectivity index is 1.80. The van der Waals surface area contributed by atoms with E-state index in [4.69, 9.17) is 0 Å². The van der Waals surface area contributed by atoms with Crippen molar-refractivity contribution in [1.29, 1.82) is 0 Å². The predicted molar refractivity (Wildman–Crippen MR) is 96.8 cm³/mol. The maximum atomic E-state index is 13.7. The van der Waals surface area contributed by atoms with Crippen molar-refractivity contribution in [1.82, 2.24) is 24.2 Å². The molecule has 0 bridgehead atoms. The van der Waals surface area contributed by atoms with Crippen molar-refractivity contribution >= 4 is 5.91 Å². The lowest BCUT2D eigenvalue weighted by Gasteiger charge is -2.14. The van der Waals surface area contributed by atoms with Gasteiger partial charge in [-0.2, -0.15) is 0 Å². The van der Waals surface area contributed by atoms with Gasteiger partial charge in [-0.05, 0) is 37.1 Å². The van der Waals surface area contributed by atoms with Crippen molar-refractivity contribution in [3.8, 4) is 17.1 Å². The molecule has 0 aliphatic carbocycles. The molecule has 7 nitrogen and oxygen atoms in total. The molecule has 1 aliphatic rings. The van der Waals surface area contributed by atoms with Crippen LogP contribution in [-0.4, -0.2) is 43.2 Å². The fourth-order valence-corrected chi connectivity index (χ4v) is 3.25. The maximum absolute atomic E-state index is 13.7. The van der Waals surface area contributed by atoms with Crippen LogP contribution in [0, 0.1) is 5.82 Å². The van der Waals surface area contributed by atoms with Gasteiger partial charge in [-0.1, -0.05) is 12.1 Å². The second kappa shape index (κ2) is 7.14. The predicted octanol–water partition coefficient (Wildman–Crippen LogP) is 1.86. The Morgan fingerprint density at radius 3 is 2.56 bits per heavy atom. The zero-order valence-electron chi connectivity index (χ0n) is 14.6. The molecule has 0 saturated carbocycles. The highest BCUT2D eigenvalue weighted by atomic mass is 19.1. The fraction of sp³-hybridized carbons (Fsp3) is 0.263. The Kier molecular flexibility index (Phi) is 4.53. The molecule has 1 saturated heterocycles. The first-order valence-corrected chi connectivity index (χ1v) is 8.77. The number of pyridine rings is 1. The number of hydrogen-bond acceptors (Lipinski definition) is 4. The Morgan fingerprint density at radius 2 is 1.85 bits per heavy atom. The summed E-state index contributed by atoms with van der Waals surface area (Å²) in [4.78, 5) is 31.1. The van der Waals surface area contributed by atoms with Gasteiger partial charge in [0.1, 0.15) is 12.4 Å². The average molecular weight is 367 g/mol. The number of likely N-dealkylation sites (tertiary alicyclic amines) is 1. The molecule has 3 aromatic rings. The van der Waals surface area contributed by atoms with Crippen molar-refractivity contribution in [2.75, 3.05) is 13.1 Å². The number of aromatic nitrogens is 4. The number of amides is 1. The summed E-state index contributed by atoms with van der Waals surface area (Å²) in [6.45, 7) is 1.27. The third-order valence-corrected chi connectivity index (χ3v) is 4.59. The molecule has 8 heteroatoms. The SMILES string of the molecule is O=C(Cn1nc(-c2cccc(F)c2)n(-c2ccncc2)c1=O)N1CCCC1. The van der Waals surface area contributed by atoms with Crippen LogP contribution in [0.2, 0.25) is 0 Å². The van der Waals surface area contributed by atoms with E-state index in [0.29, 0.717) is 24.3 Å². The van der Waals surface area contributed by atoms with Gasteiger partial charge in [0.25, 0.3) is 0 Å². The van der Waals surface area contributed by atoms with Crippen molar-refractivity contribution < 1.29 is 9.18 Å². The maximum Gasteiger partial charge on any atom is 0.351 e. The van der Waals surface area contributed by atoms with Gasteiger partial charge in [0.2, 0.25) is 5.91 Å². The highest BCUT2D eigenvalue weighted by Gasteiger charge is 2.22. The molecule has 138 valence electrons. The summed E-state index contributed by atoms with van der Waals surface area (Å²) in [7, 11) is 0. The number of carbonyl (C=O) groups is 1. The molecule has 0 radical (unpaired) electrons. The Bertz CT molecular complexity index is 1020. The summed E-state index contributed by atoms with van der Waals surface area (Å²) in [6, 6.07) is 9.20. The topological polar surface area (TPSA) is 73.0 Å². The van der Waals surface area contributed by atoms with Crippen LogP contribution < -0.4 is 5.69 Å². The summed E-state index contributed by atoms with van der Waals surface area (Å²) in [6.07, 6.45) is 5.06. The summed E-state index contributed by atoms with van der Waals surface area (Å²) < 4.78 is 16.2. The van der Waals surface area contributed by atoms with Gasteiger partial charge < -0.3 is 4.90 Å². The van der Waals surface area contributed by atoms with Crippen molar-refractivity contribution in [2.24, 2.45) is 0 Å². The standard InChI is InChI=1S/C19H18FN5O2/c20-15-5-3-4-14(12-15)18-22-24(13-17(26)23-10-1-2-11-23)19(27)25(18)16-6-8-21-9-7-16/h3-9,12H,1-2,10-11,13H2. The summed E-state index contributed by atoms with van der Waals surface area (Å²) in [5, 5.41) is 4.34. The fourth-order valence-electron chi connectivity index (χ4n) is 3.25. The molecule has 0 atom stereocenters. The number of benzene rings is 1. The lowest BCUT2D eigenvalue weighted by Crippen LogP contribution is -2.35. The van der Waals surface area contributed by atoms with E-state index in [1.165, 1.54) is 16.7 Å². The van der Waals surface area contributed by atoms with E-state index in [9.17, 15) is 14.0 Å². The van der Waals surface area contributed by atoms with Crippen LogP contribution in [0.4, 0.5) is 4.39 Å². The Hall–Kier alpha value is -3.29. The molecule has 3 heterocycles. The number of hydrogen-bond donors (Lipinski definition) is 0. The van der Waals surface area contributed by atoms with Crippen LogP contribution in [0.5, 0.6) is 0 Å². The van der Waals surface area contributed by atoms with Crippen LogP contribution in [0.15, 0.2) is 53.6 Å². The number of carbonyl (C=O) groups excluding carboxylic acids is 1. The Labute approximate surface area is 154 Å². The number of rotatable bonds is 4. The second-order valence-electron chi connectivity index (χ2n) is 6.40. The van der Waals surface area contributed by atoms with E-state index >= 15 is 0 Å². The first kappa shape index (κ1) is 17.1. The van der Waals surface area contributed by atoms with Gasteiger partial charge >= 0.3 is 5.69 Å². The third-order valence-electron chi connectivity index (χ3n) is 4.59. The van der Waals surface area contributed by atoms with Crippen molar-refractivity contribution in [3.63, 3.8) is 0 Å². The van der Waals surface area contributed by atoms with E-state index < -0.39 is 11.5 Å². The molecule has 0 unspecified atom stereocenters. The van der Waals surface area contributed by atoms with Crippen LogP contribution in [-0.2, 0) is 11.3 Å². The van der Waals surface area contributed by atoms with Gasteiger partial charge in [-0.25, -0.2) is 18.4 Å². The molecule has 1 fully saturated rings. The largest absolute Gasteiger partial charge is 0.351 e. The van der Waals surface area contributed by atoms with Gasteiger partial charge in [-0.15, -0.1) is 5.10 Å². The first-order chi connectivity index (χ1) is 13.1. The third kappa shape index (κ3) is 3.38. The Morgan fingerprint density at radius 1 is 1.11 bits per heavy atom. The van der Waals surface area contributed by atoms with Crippen LogP contribution in [0.3, 0.4) is 0 Å². The van der Waals surface area contributed by atoms with Gasteiger partial charge in [0.05, 0.1) is 5.69 Å². The zero-order chi connectivity index (χ0) is 18.8. The van der Waals surface area contributed by atoms with Gasteiger partial charge in [0.15, 0.2) is 5.82 Å². The van der Waals surface area contributed by atoms with E-state index in [0.717, 1.165) is 17.5 Å². The van der Waals surface area contributed by atoms with E-state index in [2.05, 4.69) is 10.1 Å². The quantitative estimate of drug-likeness (QED) is 0.706. The molecule has 0 spiro atoms. The van der Waals surface area contributed by atoms with Gasteiger partial charge in [-0.3, -0.25) is 9.78 Å². The normalized spacial score (nSPS) is 13.9. The van der Waals surface area contributed by atoms with E-state index in [1.807, 2.05) is 0 Å². The summed E-state index contributed by atoms with van der Waals surface area (Å²) >= 11 is 0. The molecule has 0 N–H and O–H groups in total. The minimum absolute atomic E-state index is 0.139. The molecule has 1 aliphatic heterocycles. The molecule has 1 aromatic carbocycles. The molecule has 2 aromatic heterocycles.